The van der Waals surface area contributed by atoms with Gasteiger partial charge in [0.15, 0.2) is 0 Å². The Hall–Kier alpha value is -1.84. The standard InChI is InChI=1S/C12H15N3O/c1-4-16-12-13-10-7-5-9(15(2)3)6-8-11(10)14-12/h5-8H,4H2,1-3H3. The van der Waals surface area contributed by atoms with Gasteiger partial charge in [0, 0.05) is 19.8 Å². The van der Waals surface area contributed by atoms with Crippen LogP contribution in [0.1, 0.15) is 6.92 Å². The molecule has 0 N–H and O–H groups in total. The summed E-state index contributed by atoms with van der Waals surface area (Å²) >= 11 is 0. The van der Waals surface area contributed by atoms with E-state index in [1.807, 2.05) is 50.2 Å². The quantitative estimate of drug-likeness (QED) is 0.788. The fraction of sp³-hybridized carbons (Fsp3) is 0.333. The molecule has 4 heteroatoms. The van der Waals surface area contributed by atoms with E-state index in [4.69, 9.17) is 4.74 Å². The molecular weight excluding hydrogens is 202 g/mol. The minimum atomic E-state index is 0.454. The lowest BCUT2D eigenvalue weighted by Crippen LogP contribution is -2.07. The maximum atomic E-state index is 5.27. The molecule has 84 valence electrons. The number of fused-ring (bicyclic) bond motifs is 1. The van der Waals surface area contributed by atoms with Crippen molar-refractivity contribution in [2.75, 3.05) is 25.6 Å². The molecule has 0 atom stereocenters. The van der Waals surface area contributed by atoms with Crippen molar-refractivity contribution in [3.05, 3.63) is 24.3 Å². The van der Waals surface area contributed by atoms with E-state index >= 15 is 0 Å². The Morgan fingerprint density at radius 3 is 2.06 bits per heavy atom. The predicted octanol–water partition coefficient (Wildman–Crippen LogP) is 2.05. The molecule has 0 saturated heterocycles. The molecule has 16 heavy (non-hydrogen) atoms. The fourth-order valence-electron chi connectivity index (χ4n) is 1.47. The van der Waals surface area contributed by atoms with Crippen LogP contribution in [0.5, 0.6) is 6.01 Å². The molecule has 0 fully saturated rings. The first-order valence-corrected chi connectivity index (χ1v) is 5.28. The van der Waals surface area contributed by atoms with E-state index in [1.165, 1.54) is 0 Å². The molecule has 0 unspecified atom stereocenters. The summed E-state index contributed by atoms with van der Waals surface area (Å²) in [5, 5.41) is 0. The number of ether oxygens (including phenoxy) is 1. The van der Waals surface area contributed by atoms with Crippen molar-refractivity contribution >= 4 is 5.69 Å². The zero-order chi connectivity index (χ0) is 11.5. The highest BCUT2D eigenvalue weighted by Gasteiger charge is 2.09. The van der Waals surface area contributed by atoms with Gasteiger partial charge in [0.1, 0.15) is 0 Å². The Morgan fingerprint density at radius 2 is 1.62 bits per heavy atom. The molecule has 0 aromatic heterocycles. The molecule has 1 heterocycles. The highest BCUT2D eigenvalue weighted by atomic mass is 16.5. The number of hydrogen-bond donors (Lipinski definition) is 0. The van der Waals surface area contributed by atoms with Crippen LogP contribution in [0.4, 0.5) is 5.69 Å². The molecule has 0 amide bonds. The minimum Gasteiger partial charge on any atom is -0.464 e. The Morgan fingerprint density at radius 1 is 1.06 bits per heavy atom. The molecule has 1 aliphatic carbocycles. The maximum absolute atomic E-state index is 5.27. The first kappa shape index (κ1) is 10.7. The molecular formula is C12H15N3O. The van der Waals surface area contributed by atoms with E-state index in [0.29, 0.717) is 12.6 Å². The van der Waals surface area contributed by atoms with Gasteiger partial charge in [-0.1, -0.05) is 0 Å². The second-order valence-corrected chi connectivity index (χ2v) is 3.70. The van der Waals surface area contributed by atoms with Crippen LogP contribution in [0, 0.1) is 0 Å². The van der Waals surface area contributed by atoms with Crippen LogP contribution in [0.3, 0.4) is 0 Å². The molecule has 2 rings (SSSR count). The average molecular weight is 217 g/mol. The summed E-state index contributed by atoms with van der Waals surface area (Å²) in [6.07, 6.45) is 0. The van der Waals surface area contributed by atoms with Crippen LogP contribution in [0.25, 0.3) is 11.4 Å². The van der Waals surface area contributed by atoms with Crippen LogP contribution in [0.2, 0.25) is 0 Å². The monoisotopic (exact) mass is 217 g/mol. The number of hydrogen-bond acceptors (Lipinski definition) is 4. The van der Waals surface area contributed by atoms with E-state index in [-0.39, 0.29) is 0 Å². The molecule has 0 aromatic carbocycles. The lowest BCUT2D eigenvalue weighted by atomic mass is 10.3. The van der Waals surface area contributed by atoms with Gasteiger partial charge < -0.3 is 9.64 Å². The van der Waals surface area contributed by atoms with E-state index in [0.717, 1.165) is 17.1 Å². The van der Waals surface area contributed by atoms with Crippen molar-refractivity contribution < 1.29 is 4.74 Å². The molecule has 0 spiro atoms. The van der Waals surface area contributed by atoms with E-state index < -0.39 is 0 Å². The minimum absolute atomic E-state index is 0.454. The summed E-state index contributed by atoms with van der Waals surface area (Å²) in [6.45, 7) is 2.51. The smallest absolute Gasteiger partial charge is 0.317 e. The summed E-state index contributed by atoms with van der Waals surface area (Å²) in [5.74, 6) is 0. The van der Waals surface area contributed by atoms with Crippen molar-refractivity contribution in [2.24, 2.45) is 0 Å². The van der Waals surface area contributed by atoms with Crippen LogP contribution in [0.15, 0.2) is 24.3 Å². The SMILES string of the molecule is CCOc1nc2ccc(N(C)C)ccc-2n1. The van der Waals surface area contributed by atoms with Crippen molar-refractivity contribution in [1.82, 2.24) is 9.97 Å². The Kier molecular flexibility index (Phi) is 2.90. The molecule has 2 aliphatic rings. The highest BCUT2D eigenvalue weighted by Crippen LogP contribution is 2.23. The van der Waals surface area contributed by atoms with Gasteiger partial charge >= 0.3 is 6.01 Å². The second-order valence-electron chi connectivity index (χ2n) is 3.70. The zero-order valence-electron chi connectivity index (χ0n) is 9.77. The van der Waals surface area contributed by atoms with Crippen molar-refractivity contribution in [3.8, 4) is 17.4 Å². The normalized spacial score (nSPS) is 10.4. The largest absolute Gasteiger partial charge is 0.464 e. The number of anilines is 1. The number of imidazole rings is 1. The maximum Gasteiger partial charge on any atom is 0.317 e. The van der Waals surface area contributed by atoms with Crippen molar-refractivity contribution in [3.63, 3.8) is 0 Å². The number of aromatic nitrogens is 2. The van der Waals surface area contributed by atoms with Gasteiger partial charge in [0.2, 0.25) is 0 Å². The summed E-state index contributed by atoms with van der Waals surface area (Å²) in [6, 6.07) is 8.41. The Balaban J connectivity index is 2.41. The first-order valence-electron chi connectivity index (χ1n) is 5.28. The van der Waals surface area contributed by atoms with Crippen molar-refractivity contribution in [1.29, 1.82) is 0 Å². The lowest BCUT2D eigenvalue weighted by Gasteiger charge is -2.09. The van der Waals surface area contributed by atoms with Gasteiger partial charge in [-0.3, -0.25) is 0 Å². The van der Waals surface area contributed by atoms with Gasteiger partial charge in [0.25, 0.3) is 0 Å². The summed E-state index contributed by atoms with van der Waals surface area (Å²) < 4.78 is 5.27. The predicted molar refractivity (Wildman–Crippen MR) is 64.2 cm³/mol. The van der Waals surface area contributed by atoms with Crippen molar-refractivity contribution in [2.45, 2.75) is 6.92 Å². The first-order chi connectivity index (χ1) is 7.70. The molecule has 1 aliphatic heterocycles. The topological polar surface area (TPSA) is 38.2 Å². The number of nitrogens with zero attached hydrogens (tertiary/aromatic N) is 3. The van der Waals surface area contributed by atoms with Gasteiger partial charge in [-0.05, 0) is 31.2 Å². The molecule has 0 radical (unpaired) electrons. The average Bonchev–Trinajstić information content (AvgIpc) is 2.50. The third-order valence-electron chi connectivity index (χ3n) is 2.31. The lowest BCUT2D eigenvalue weighted by molar-refractivity contribution is 0.316. The van der Waals surface area contributed by atoms with Crippen LogP contribution < -0.4 is 9.64 Å². The van der Waals surface area contributed by atoms with Gasteiger partial charge in [-0.15, -0.1) is 0 Å². The summed E-state index contributed by atoms with van der Waals surface area (Å²) in [5.41, 5.74) is 2.84. The summed E-state index contributed by atoms with van der Waals surface area (Å²) in [7, 11) is 4.01. The van der Waals surface area contributed by atoms with Gasteiger partial charge in [-0.25, -0.2) is 0 Å². The van der Waals surface area contributed by atoms with Crippen LogP contribution in [-0.2, 0) is 0 Å². The third kappa shape index (κ3) is 2.05. The summed E-state index contributed by atoms with van der Waals surface area (Å²) in [4.78, 5) is 10.6. The van der Waals surface area contributed by atoms with E-state index in [9.17, 15) is 0 Å². The molecule has 0 bridgehead atoms. The van der Waals surface area contributed by atoms with Crippen LogP contribution >= 0.6 is 0 Å². The zero-order valence-corrected chi connectivity index (χ0v) is 9.77. The Labute approximate surface area is 95.2 Å². The Bertz CT molecular complexity index is 423. The molecule has 0 saturated carbocycles. The fourth-order valence-corrected chi connectivity index (χ4v) is 1.47. The second kappa shape index (κ2) is 4.35. The van der Waals surface area contributed by atoms with Gasteiger partial charge in [0.05, 0.1) is 18.0 Å². The van der Waals surface area contributed by atoms with Gasteiger partial charge in [-0.2, -0.15) is 9.97 Å². The molecule has 0 aromatic rings. The van der Waals surface area contributed by atoms with Crippen LogP contribution in [-0.4, -0.2) is 30.7 Å². The molecule has 4 nitrogen and oxygen atoms in total. The van der Waals surface area contributed by atoms with E-state index in [1.54, 1.807) is 0 Å². The third-order valence-corrected chi connectivity index (χ3v) is 2.31. The van der Waals surface area contributed by atoms with E-state index in [2.05, 4.69) is 9.97 Å². The highest BCUT2D eigenvalue weighted by molar-refractivity contribution is 5.60. The number of rotatable bonds is 3.